The minimum Gasteiger partial charge on any atom is -0.258 e. The Kier molecular flexibility index (Phi) is 8.02. The summed E-state index contributed by atoms with van der Waals surface area (Å²) < 4.78 is 1.04. The van der Waals surface area contributed by atoms with Gasteiger partial charge >= 0.3 is 0 Å². The Labute approximate surface area is 145 Å². The van der Waals surface area contributed by atoms with Crippen molar-refractivity contribution in [3.8, 4) is 11.4 Å². The summed E-state index contributed by atoms with van der Waals surface area (Å²) >= 11 is 5.29. The summed E-state index contributed by atoms with van der Waals surface area (Å²) in [7, 11) is 0. The number of hydrogen-bond acceptors (Lipinski definition) is 3. The molecule has 0 saturated heterocycles. The van der Waals surface area contributed by atoms with Gasteiger partial charge in [0.25, 0.3) is 0 Å². The van der Waals surface area contributed by atoms with Gasteiger partial charge in [0.2, 0.25) is 5.16 Å². The second-order valence-corrected chi connectivity index (χ2v) is 7.33. The van der Waals surface area contributed by atoms with Crippen LogP contribution < -0.4 is 0 Å². The maximum Gasteiger partial charge on any atom is 0.208 e. The largest absolute Gasteiger partial charge is 0.258 e. The molecule has 0 amide bonds. The summed E-state index contributed by atoms with van der Waals surface area (Å²) in [5, 5.41) is 8.17. The maximum atomic E-state index is 4.57. The van der Waals surface area contributed by atoms with Gasteiger partial charge in [-0.05, 0) is 12.5 Å². The fourth-order valence-corrected chi connectivity index (χ4v) is 3.58. The molecule has 3 nitrogen and oxygen atoms in total. The van der Waals surface area contributed by atoms with Gasteiger partial charge in [0, 0.05) is 15.8 Å². The van der Waals surface area contributed by atoms with Crippen molar-refractivity contribution in [1.29, 1.82) is 0 Å². The topological polar surface area (TPSA) is 41.6 Å². The van der Waals surface area contributed by atoms with Gasteiger partial charge in [0.1, 0.15) is 0 Å². The predicted molar refractivity (Wildman–Crippen MR) is 98.2 cm³/mol. The summed E-state index contributed by atoms with van der Waals surface area (Å²) in [6, 6.07) is 8.06. The second-order valence-electron chi connectivity index (χ2n) is 5.42. The zero-order chi connectivity index (χ0) is 15.6. The highest BCUT2D eigenvalue weighted by Gasteiger charge is 2.08. The molecule has 5 heteroatoms. The first-order chi connectivity index (χ1) is 10.8. The molecule has 2 rings (SSSR count). The van der Waals surface area contributed by atoms with Crippen molar-refractivity contribution in [2.45, 2.75) is 57.0 Å². The molecule has 120 valence electrons. The van der Waals surface area contributed by atoms with Gasteiger partial charge in [0.05, 0.1) is 0 Å². The van der Waals surface area contributed by atoms with Crippen LogP contribution in [0.25, 0.3) is 11.4 Å². The highest BCUT2D eigenvalue weighted by Crippen LogP contribution is 2.26. The number of halogens is 1. The van der Waals surface area contributed by atoms with E-state index < -0.39 is 0 Å². The first-order valence-electron chi connectivity index (χ1n) is 8.11. The van der Waals surface area contributed by atoms with E-state index in [-0.39, 0.29) is 0 Å². The standard InChI is InChI=1S/C17H24BrN3S/c1-2-3-4-5-6-7-10-13-22-17-19-16(20-21-17)14-11-8-9-12-15(14)18/h8-9,11-12H,2-7,10,13H2,1H3,(H,19,20,21). The van der Waals surface area contributed by atoms with Gasteiger partial charge in [-0.3, -0.25) is 5.10 Å². The summed E-state index contributed by atoms with van der Waals surface area (Å²) in [6.45, 7) is 2.26. The molecule has 1 heterocycles. The number of hydrogen-bond donors (Lipinski definition) is 1. The van der Waals surface area contributed by atoms with Crippen molar-refractivity contribution in [3.63, 3.8) is 0 Å². The zero-order valence-electron chi connectivity index (χ0n) is 13.1. The third kappa shape index (κ3) is 5.76. The van der Waals surface area contributed by atoms with E-state index in [0.29, 0.717) is 0 Å². The summed E-state index contributed by atoms with van der Waals surface area (Å²) in [5.74, 6) is 1.93. The van der Waals surface area contributed by atoms with Crippen LogP contribution in [-0.2, 0) is 0 Å². The van der Waals surface area contributed by atoms with Crippen molar-refractivity contribution in [2.24, 2.45) is 0 Å². The van der Waals surface area contributed by atoms with Gasteiger partial charge in [0.15, 0.2) is 5.82 Å². The fraction of sp³-hybridized carbons (Fsp3) is 0.529. The van der Waals surface area contributed by atoms with E-state index in [1.54, 1.807) is 11.8 Å². The predicted octanol–water partition coefficient (Wildman–Crippen LogP) is 6.08. The number of rotatable bonds is 10. The SMILES string of the molecule is CCCCCCCCCSc1n[nH]c(-c2ccccc2Br)n1. The molecule has 0 unspecified atom stereocenters. The maximum absolute atomic E-state index is 4.57. The second kappa shape index (κ2) is 10.1. The molecule has 1 N–H and O–H groups in total. The number of nitrogens with zero attached hydrogens (tertiary/aromatic N) is 2. The highest BCUT2D eigenvalue weighted by atomic mass is 79.9. The monoisotopic (exact) mass is 381 g/mol. The zero-order valence-corrected chi connectivity index (χ0v) is 15.5. The van der Waals surface area contributed by atoms with Crippen molar-refractivity contribution in [2.75, 3.05) is 5.75 Å². The third-order valence-corrected chi connectivity index (χ3v) is 5.20. The molecule has 0 bridgehead atoms. The van der Waals surface area contributed by atoms with Crippen LogP contribution in [-0.4, -0.2) is 20.9 Å². The molecule has 22 heavy (non-hydrogen) atoms. The lowest BCUT2D eigenvalue weighted by Gasteiger charge is -2.00. The van der Waals surface area contributed by atoms with Crippen molar-refractivity contribution in [3.05, 3.63) is 28.7 Å². The number of nitrogens with one attached hydrogen (secondary N) is 1. The summed E-state index contributed by atoms with van der Waals surface area (Å²) in [6.07, 6.45) is 9.39. The first-order valence-corrected chi connectivity index (χ1v) is 9.89. The van der Waals surface area contributed by atoms with E-state index in [1.165, 1.54) is 44.9 Å². The van der Waals surface area contributed by atoms with E-state index in [1.807, 2.05) is 24.3 Å². The summed E-state index contributed by atoms with van der Waals surface area (Å²) in [5.41, 5.74) is 1.05. The quantitative estimate of drug-likeness (QED) is 0.400. The molecular weight excluding hydrogens is 358 g/mol. The number of thioether (sulfide) groups is 1. The molecule has 0 fully saturated rings. The lowest BCUT2D eigenvalue weighted by atomic mass is 10.1. The molecule has 0 radical (unpaired) electrons. The smallest absolute Gasteiger partial charge is 0.208 e. The average Bonchev–Trinajstić information content (AvgIpc) is 2.99. The molecule has 1 aromatic carbocycles. The minimum absolute atomic E-state index is 0.828. The van der Waals surface area contributed by atoms with Crippen LogP contribution in [0.2, 0.25) is 0 Å². The molecule has 0 atom stereocenters. The van der Waals surface area contributed by atoms with Crippen molar-refractivity contribution >= 4 is 27.7 Å². The van der Waals surface area contributed by atoms with Gasteiger partial charge in [-0.1, -0.05) is 91.3 Å². The van der Waals surface area contributed by atoms with E-state index >= 15 is 0 Å². The van der Waals surface area contributed by atoms with Crippen LogP contribution in [0, 0.1) is 0 Å². The van der Waals surface area contributed by atoms with Crippen LogP contribution in [0.4, 0.5) is 0 Å². The van der Waals surface area contributed by atoms with Crippen LogP contribution in [0.15, 0.2) is 33.9 Å². The number of aromatic amines is 1. The third-order valence-electron chi connectivity index (χ3n) is 3.57. The minimum atomic E-state index is 0.828. The molecule has 0 aliphatic carbocycles. The van der Waals surface area contributed by atoms with Crippen LogP contribution in [0.5, 0.6) is 0 Å². The first kappa shape index (κ1) is 17.5. The number of aromatic nitrogens is 3. The van der Waals surface area contributed by atoms with Crippen LogP contribution >= 0.6 is 27.7 Å². The Balaban J connectivity index is 1.69. The van der Waals surface area contributed by atoms with Gasteiger partial charge in [-0.15, -0.1) is 5.10 Å². The number of H-pyrrole nitrogens is 1. The highest BCUT2D eigenvalue weighted by molar-refractivity contribution is 9.10. The Morgan fingerprint density at radius 3 is 2.55 bits per heavy atom. The van der Waals surface area contributed by atoms with Gasteiger partial charge in [-0.25, -0.2) is 4.98 Å². The number of benzene rings is 1. The van der Waals surface area contributed by atoms with E-state index in [2.05, 4.69) is 38.0 Å². The molecule has 0 saturated carbocycles. The summed E-state index contributed by atoms with van der Waals surface area (Å²) in [4.78, 5) is 4.57. The van der Waals surface area contributed by atoms with Gasteiger partial charge in [-0.2, -0.15) is 0 Å². The van der Waals surface area contributed by atoms with E-state index in [4.69, 9.17) is 0 Å². The molecule has 1 aromatic heterocycles. The van der Waals surface area contributed by atoms with Crippen LogP contribution in [0.1, 0.15) is 51.9 Å². The fourth-order valence-electron chi connectivity index (χ4n) is 2.31. The molecule has 2 aromatic rings. The average molecular weight is 382 g/mol. The van der Waals surface area contributed by atoms with Gasteiger partial charge < -0.3 is 0 Å². The van der Waals surface area contributed by atoms with E-state index in [0.717, 1.165) is 26.8 Å². The van der Waals surface area contributed by atoms with Crippen molar-refractivity contribution in [1.82, 2.24) is 15.2 Å². The van der Waals surface area contributed by atoms with Crippen molar-refractivity contribution < 1.29 is 0 Å². The number of unbranched alkanes of at least 4 members (excludes halogenated alkanes) is 6. The lowest BCUT2D eigenvalue weighted by Crippen LogP contribution is -1.84. The molecule has 0 aliphatic heterocycles. The van der Waals surface area contributed by atoms with E-state index in [9.17, 15) is 0 Å². The molecular formula is C17H24BrN3S. The molecule has 0 aliphatic rings. The Bertz CT molecular complexity index is 556. The van der Waals surface area contributed by atoms with Crippen LogP contribution in [0.3, 0.4) is 0 Å². The Hall–Kier alpha value is -0.810. The Morgan fingerprint density at radius 2 is 1.77 bits per heavy atom. The Morgan fingerprint density at radius 1 is 1.05 bits per heavy atom. The normalized spacial score (nSPS) is 11.0. The molecule has 0 spiro atoms. The lowest BCUT2D eigenvalue weighted by molar-refractivity contribution is 0.603.